The summed E-state index contributed by atoms with van der Waals surface area (Å²) in [6.45, 7) is 1.92. The third-order valence-electron chi connectivity index (χ3n) is 5.63. The summed E-state index contributed by atoms with van der Waals surface area (Å²) in [4.78, 5) is 0. The predicted octanol–water partition coefficient (Wildman–Crippen LogP) is 7.96. The molecule has 1 aliphatic carbocycles. The van der Waals surface area contributed by atoms with Crippen LogP contribution < -0.4 is 4.74 Å². The Hall–Kier alpha value is -1.52. The van der Waals surface area contributed by atoms with Crippen LogP contribution >= 0.6 is 0 Å². The highest BCUT2D eigenvalue weighted by Gasteiger charge is 2.23. The number of alkyl halides is 3. The maximum Gasteiger partial charge on any atom is 0.409 e. The Morgan fingerprint density at radius 3 is 2.39 bits per heavy atom. The van der Waals surface area contributed by atoms with E-state index < -0.39 is 12.0 Å². The van der Waals surface area contributed by atoms with Crippen LogP contribution in [0.4, 0.5) is 17.6 Å². The first-order valence-electron chi connectivity index (χ1n) is 10.6. The van der Waals surface area contributed by atoms with E-state index in [2.05, 4.69) is 6.92 Å². The molecular formula is C23H32F4O. The summed E-state index contributed by atoms with van der Waals surface area (Å²) >= 11 is 0. The predicted molar refractivity (Wildman–Crippen MR) is 105 cm³/mol. The van der Waals surface area contributed by atoms with Gasteiger partial charge in [0, 0.05) is 6.08 Å². The number of ether oxygens (including phenoxy) is 1. The maximum absolute atomic E-state index is 14.2. The molecule has 1 aromatic rings. The molecule has 0 aliphatic heterocycles. The highest BCUT2D eigenvalue weighted by Crippen LogP contribution is 2.38. The van der Waals surface area contributed by atoms with Crippen LogP contribution in [0.1, 0.15) is 82.6 Å². The van der Waals surface area contributed by atoms with Crippen LogP contribution in [0.2, 0.25) is 0 Å². The average molecular weight is 401 g/mol. The van der Waals surface area contributed by atoms with Crippen molar-refractivity contribution in [2.45, 2.75) is 83.2 Å². The van der Waals surface area contributed by atoms with E-state index in [0.29, 0.717) is 5.92 Å². The lowest BCUT2D eigenvalue weighted by atomic mass is 9.77. The van der Waals surface area contributed by atoms with E-state index in [1.807, 2.05) is 6.07 Å². The van der Waals surface area contributed by atoms with Crippen molar-refractivity contribution in [3.05, 3.63) is 41.7 Å². The van der Waals surface area contributed by atoms with Gasteiger partial charge in [-0.2, -0.15) is 13.2 Å². The van der Waals surface area contributed by atoms with Crippen molar-refractivity contribution in [3.8, 4) is 5.75 Å². The summed E-state index contributed by atoms with van der Waals surface area (Å²) in [6, 6.07) is 4.87. The first kappa shape index (κ1) is 22.8. The van der Waals surface area contributed by atoms with E-state index >= 15 is 0 Å². The number of allylic oxidation sites excluding steroid dienone is 1. The molecule has 0 bridgehead atoms. The second-order valence-electron chi connectivity index (χ2n) is 7.87. The maximum atomic E-state index is 14.2. The Kier molecular flexibility index (Phi) is 9.33. The zero-order valence-electron chi connectivity index (χ0n) is 16.7. The number of rotatable bonds is 10. The molecule has 1 fully saturated rings. The molecule has 0 unspecified atom stereocenters. The van der Waals surface area contributed by atoms with Crippen molar-refractivity contribution in [2.75, 3.05) is 6.61 Å². The highest BCUT2D eigenvalue weighted by molar-refractivity contribution is 5.31. The molecule has 28 heavy (non-hydrogen) atoms. The normalized spacial score (nSPS) is 20.6. The van der Waals surface area contributed by atoms with Crippen LogP contribution in [0, 0.1) is 11.7 Å². The lowest BCUT2D eigenvalue weighted by Gasteiger charge is -2.29. The number of hydrogen-bond donors (Lipinski definition) is 0. The molecule has 2 rings (SSSR count). The molecule has 0 amide bonds. The van der Waals surface area contributed by atoms with Crippen molar-refractivity contribution in [1.29, 1.82) is 0 Å². The molecule has 1 aromatic carbocycles. The number of hydrogen-bond acceptors (Lipinski definition) is 1. The van der Waals surface area contributed by atoms with Crippen molar-refractivity contribution in [2.24, 2.45) is 5.92 Å². The number of halogens is 4. The molecule has 1 saturated carbocycles. The van der Waals surface area contributed by atoms with Crippen LogP contribution in [0.15, 0.2) is 30.4 Å². The highest BCUT2D eigenvalue weighted by atomic mass is 19.4. The van der Waals surface area contributed by atoms with E-state index in [9.17, 15) is 17.6 Å². The van der Waals surface area contributed by atoms with Crippen LogP contribution in [0.25, 0.3) is 0 Å². The molecule has 0 spiro atoms. The van der Waals surface area contributed by atoms with E-state index in [1.165, 1.54) is 63.5 Å². The summed E-state index contributed by atoms with van der Waals surface area (Å²) in [6.07, 6.45) is 9.01. The molecule has 0 N–H and O–H groups in total. The molecule has 0 radical (unpaired) electrons. The van der Waals surface area contributed by atoms with Crippen LogP contribution in [-0.2, 0) is 0 Å². The van der Waals surface area contributed by atoms with E-state index in [1.54, 1.807) is 0 Å². The first-order valence-corrected chi connectivity index (χ1v) is 10.6. The first-order chi connectivity index (χ1) is 13.4. The van der Waals surface area contributed by atoms with Crippen molar-refractivity contribution in [3.63, 3.8) is 0 Å². The summed E-state index contributed by atoms with van der Waals surface area (Å²) in [5, 5.41) is 0. The minimum absolute atomic E-state index is 0.00339. The van der Waals surface area contributed by atoms with E-state index in [4.69, 9.17) is 4.74 Å². The van der Waals surface area contributed by atoms with Gasteiger partial charge >= 0.3 is 6.18 Å². The van der Waals surface area contributed by atoms with Crippen LogP contribution in [0.3, 0.4) is 0 Å². The van der Waals surface area contributed by atoms with Gasteiger partial charge in [-0.25, -0.2) is 4.39 Å². The molecule has 1 nitrogen and oxygen atoms in total. The quantitative estimate of drug-likeness (QED) is 0.220. The Balaban J connectivity index is 1.76. The Morgan fingerprint density at radius 2 is 1.75 bits per heavy atom. The van der Waals surface area contributed by atoms with Gasteiger partial charge in [-0.1, -0.05) is 51.5 Å². The minimum atomic E-state index is -4.37. The zero-order valence-corrected chi connectivity index (χ0v) is 16.7. The van der Waals surface area contributed by atoms with Gasteiger partial charge in [-0.15, -0.1) is 0 Å². The molecular weight excluding hydrogens is 368 g/mol. The SMILES string of the molecule is CCCCCCCC1CCC(c2ccc(OCC=CC(F)(F)F)c(F)c2)CC1. The molecule has 1 aliphatic rings. The second-order valence-corrected chi connectivity index (χ2v) is 7.87. The standard InChI is InChI=1S/C23H32F4O/c1-2-3-4-5-6-8-18-9-11-19(12-10-18)20-13-14-22(21(24)17-20)28-16-7-15-23(25,26)27/h7,13-15,17-19H,2-6,8-12,16H2,1H3. The third-order valence-corrected chi connectivity index (χ3v) is 5.63. The van der Waals surface area contributed by atoms with E-state index in [0.717, 1.165) is 30.4 Å². The number of unbranched alkanes of at least 4 members (excludes halogenated alkanes) is 4. The topological polar surface area (TPSA) is 9.23 Å². The fraction of sp³-hybridized carbons (Fsp3) is 0.652. The molecule has 158 valence electrons. The minimum Gasteiger partial charge on any atom is -0.486 e. The lowest BCUT2D eigenvalue weighted by Crippen LogP contribution is -2.13. The molecule has 0 atom stereocenters. The summed E-state index contributed by atoms with van der Waals surface area (Å²) in [5.74, 6) is 0.656. The van der Waals surface area contributed by atoms with Crippen molar-refractivity contribution < 1.29 is 22.3 Å². The third kappa shape index (κ3) is 8.24. The Morgan fingerprint density at radius 1 is 1.04 bits per heavy atom. The van der Waals surface area contributed by atoms with Crippen molar-refractivity contribution in [1.82, 2.24) is 0 Å². The van der Waals surface area contributed by atoms with Gasteiger partial charge in [-0.3, -0.25) is 0 Å². The fourth-order valence-corrected chi connectivity index (χ4v) is 4.03. The molecule has 0 saturated heterocycles. The van der Waals surface area contributed by atoms with Crippen LogP contribution in [0.5, 0.6) is 5.75 Å². The molecule has 0 heterocycles. The summed E-state index contributed by atoms with van der Waals surface area (Å²) in [7, 11) is 0. The number of benzene rings is 1. The zero-order chi connectivity index (χ0) is 20.4. The van der Waals surface area contributed by atoms with Gasteiger partial charge in [0.15, 0.2) is 11.6 Å². The Labute approximate surface area is 166 Å². The fourth-order valence-electron chi connectivity index (χ4n) is 4.03. The van der Waals surface area contributed by atoms with Gasteiger partial charge in [0.05, 0.1) is 0 Å². The summed E-state index contributed by atoms with van der Waals surface area (Å²) in [5.41, 5.74) is 0.970. The van der Waals surface area contributed by atoms with Gasteiger partial charge in [0.1, 0.15) is 6.61 Å². The second kappa shape index (κ2) is 11.5. The van der Waals surface area contributed by atoms with Gasteiger partial charge in [0.2, 0.25) is 0 Å². The largest absolute Gasteiger partial charge is 0.486 e. The van der Waals surface area contributed by atoms with Crippen LogP contribution in [-0.4, -0.2) is 12.8 Å². The van der Waals surface area contributed by atoms with Gasteiger partial charge in [-0.05, 0) is 61.3 Å². The smallest absolute Gasteiger partial charge is 0.409 e. The average Bonchev–Trinajstić information content (AvgIpc) is 2.66. The lowest BCUT2D eigenvalue weighted by molar-refractivity contribution is -0.0801. The monoisotopic (exact) mass is 400 g/mol. The molecule has 0 aromatic heterocycles. The van der Waals surface area contributed by atoms with Gasteiger partial charge in [0.25, 0.3) is 0 Å². The van der Waals surface area contributed by atoms with Crippen molar-refractivity contribution >= 4 is 0 Å². The summed E-state index contributed by atoms with van der Waals surface area (Å²) < 4.78 is 55.5. The Bertz CT molecular complexity index is 601. The van der Waals surface area contributed by atoms with Gasteiger partial charge < -0.3 is 4.74 Å². The van der Waals surface area contributed by atoms with E-state index in [-0.39, 0.29) is 18.4 Å². The molecule has 5 heteroatoms.